The Morgan fingerprint density at radius 1 is 1.38 bits per heavy atom. The molecule has 0 unspecified atom stereocenters. The van der Waals surface area contributed by atoms with Crippen molar-refractivity contribution < 1.29 is 22.3 Å². The lowest BCUT2D eigenvalue weighted by atomic mass is 10.5. The molecule has 2 N–H and O–H groups in total. The van der Waals surface area contributed by atoms with Gasteiger partial charge >= 0.3 is 10.4 Å². The maximum Gasteiger partial charge on any atom is 0.394 e. The van der Waals surface area contributed by atoms with E-state index in [1.807, 2.05) is 0 Å². The molecule has 8 heteroatoms. The van der Waals surface area contributed by atoms with Gasteiger partial charge < -0.3 is 5.21 Å². The quantitative estimate of drug-likeness (QED) is 0.249. The summed E-state index contributed by atoms with van der Waals surface area (Å²) < 4.78 is 32.3. The minimum atomic E-state index is -4.67. The second kappa shape index (κ2) is 5.02. The van der Waals surface area contributed by atoms with E-state index >= 15 is 0 Å². The smallest absolute Gasteiger partial charge is 0.394 e. The van der Waals surface area contributed by atoms with Crippen molar-refractivity contribution in [3.63, 3.8) is 0 Å². The number of pyridine rings is 1. The van der Waals surface area contributed by atoms with Gasteiger partial charge in [-0.15, -0.1) is 0 Å². The van der Waals surface area contributed by atoms with Gasteiger partial charge in [0.25, 0.3) is 0 Å². The van der Waals surface area contributed by atoms with Crippen molar-refractivity contribution in [2.75, 3.05) is 0 Å². The zero-order chi connectivity index (χ0) is 10.5. The molecular formula is C5H7NO5S2. The highest BCUT2D eigenvalue weighted by atomic mass is 32.3. The third kappa shape index (κ3) is 9.08. The van der Waals surface area contributed by atoms with E-state index in [9.17, 15) is 5.21 Å². The largest absolute Gasteiger partial charge is 0.618 e. The standard InChI is InChI=1S/C5H5NOS.H2O4S/c7-6-4-2-1-3-5(6)8;1-5(2,3)4/h1-4,8H;(H2,1,2,3,4). The van der Waals surface area contributed by atoms with Gasteiger partial charge in [-0.2, -0.15) is 13.1 Å². The Morgan fingerprint density at radius 2 is 1.85 bits per heavy atom. The number of hydrogen-bond donors (Lipinski definition) is 3. The first-order valence-corrected chi connectivity index (χ1v) is 4.72. The average molecular weight is 225 g/mol. The SMILES string of the molecule is O=S(=O)(O)O.[O-][n+]1ccccc1S. The first-order chi connectivity index (χ1) is 5.80. The molecule has 1 aromatic heterocycles. The third-order valence-electron chi connectivity index (χ3n) is 0.804. The van der Waals surface area contributed by atoms with Gasteiger partial charge in [0.05, 0.1) is 0 Å². The summed E-state index contributed by atoms with van der Waals surface area (Å²) in [5.74, 6) is 0. The summed E-state index contributed by atoms with van der Waals surface area (Å²) in [6.45, 7) is 0. The van der Waals surface area contributed by atoms with Crippen molar-refractivity contribution in [3.8, 4) is 0 Å². The summed E-state index contributed by atoms with van der Waals surface area (Å²) in [4.78, 5) is 0. The Balaban J connectivity index is 0.000000252. The molecule has 13 heavy (non-hydrogen) atoms. The van der Waals surface area contributed by atoms with E-state index in [0.29, 0.717) is 9.76 Å². The van der Waals surface area contributed by atoms with Crippen LogP contribution in [0.1, 0.15) is 0 Å². The van der Waals surface area contributed by atoms with E-state index < -0.39 is 10.4 Å². The minimum Gasteiger partial charge on any atom is -0.618 e. The monoisotopic (exact) mass is 225 g/mol. The molecular weight excluding hydrogens is 218 g/mol. The first kappa shape index (κ1) is 12.2. The van der Waals surface area contributed by atoms with Gasteiger partial charge in [0.2, 0.25) is 5.03 Å². The average Bonchev–Trinajstić information content (AvgIpc) is 1.92. The Labute approximate surface area is 80.4 Å². The van der Waals surface area contributed by atoms with E-state index in [1.54, 1.807) is 18.2 Å². The van der Waals surface area contributed by atoms with Crippen molar-refractivity contribution in [1.29, 1.82) is 0 Å². The van der Waals surface area contributed by atoms with Crippen LogP contribution < -0.4 is 4.73 Å². The van der Waals surface area contributed by atoms with E-state index in [-0.39, 0.29) is 0 Å². The summed E-state index contributed by atoms with van der Waals surface area (Å²) in [6, 6.07) is 5.06. The fraction of sp³-hybridized carbons (Fsp3) is 0. The number of aromatic nitrogens is 1. The van der Waals surface area contributed by atoms with Crippen molar-refractivity contribution in [2.45, 2.75) is 5.03 Å². The summed E-state index contributed by atoms with van der Waals surface area (Å²) in [5, 5.41) is 10.9. The van der Waals surface area contributed by atoms with Gasteiger partial charge in [-0.25, -0.2) is 0 Å². The molecule has 0 aliphatic carbocycles. The highest BCUT2D eigenvalue weighted by Gasteiger charge is 1.90. The minimum absolute atomic E-state index is 0.424. The predicted molar refractivity (Wildman–Crippen MR) is 46.8 cm³/mol. The molecule has 0 spiro atoms. The van der Waals surface area contributed by atoms with Crippen molar-refractivity contribution in [3.05, 3.63) is 29.6 Å². The molecule has 0 aliphatic rings. The Morgan fingerprint density at radius 3 is 2.08 bits per heavy atom. The van der Waals surface area contributed by atoms with E-state index in [1.165, 1.54) is 6.20 Å². The molecule has 0 aromatic carbocycles. The molecule has 1 aromatic rings. The van der Waals surface area contributed by atoms with Gasteiger partial charge in [-0.1, -0.05) is 12.6 Å². The summed E-state index contributed by atoms with van der Waals surface area (Å²) >= 11 is 3.85. The number of nitrogens with zero attached hydrogens (tertiary/aromatic N) is 1. The zero-order valence-corrected chi connectivity index (χ0v) is 7.94. The van der Waals surface area contributed by atoms with E-state index in [2.05, 4.69) is 12.6 Å². The molecule has 74 valence electrons. The van der Waals surface area contributed by atoms with Crippen molar-refractivity contribution in [2.24, 2.45) is 0 Å². The van der Waals surface area contributed by atoms with Gasteiger partial charge in [-0.3, -0.25) is 9.11 Å². The van der Waals surface area contributed by atoms with Gasteiger partial charge in [0.15, 0.2) is 6.20 Å². The van der Waals surface area contributed by atoms with Crippen LogP contribution in [-0.2, 0) is 10.4 Å². The molecule has 1 heterocycles. The summed E-state index contributed by atoms with van der Waals surface area (Å²) in [7, 11) is -4.67. The number of rotatable bonds is 0. The Hall–Kier alpha value is -0.830. The molecule has 0 bridgehead atoms. The number of hydrogen-bond acceptors (Lipinski definition) is 4. The Bertz CT molecular complexity index is 334. The van der Waals surface area contributed by atoms with Crippen LogP contribution in [0.5, 0.6) is 0 Å². The molecule has 0 aliphatic heterocycles. The maximum absolute atomic E-state index is 10.5. The predicted octanol–water partition coefficient (Wildman–Crippen LogP) is -0.0441. The van der Waals surface area contributed by atoms with E-state index in [0.717, 1.165) is 0 Å². The van der Waals surface area contributed by atoms with Crippen LogP contribution in [0.4, 0.5) is 0 Å². The molecule has 0 amide bonds. The van der Waals surface area contributed by atoms with Crippen LogP contribution in [0.25, 0.3) is 0 Å². The highest BCUT2D eigenvalue weighted by Crippen LogP contribution is 1.93. The summed E-state index contributed by atoms with van der Waals surface area (Å²) in [6.07, 6.45) is 1.41. The molecule has 6 nitrogen and oxygen atoms in total. The lowest BCUT2D eigenvalue weighted by Gasteiger charge is -1.94. The lowest BCUT2D eigenvalue weighted by molar-refractivity contribution is -0.645. The topological polar surface area (TPSA) is 102 Å². The number of thiol groups is 1. The van der Waals surface area contributed by atoms with Crippen molar-refractivity contribution in [1.82, 2.24) is 0 Å². The normalized spacial score (nSPS) is 10.1. The Kier molecular flexibility index (Phi) is 4.70. The van der Waals surface area contributed by atoms with Gasteiger partial charge in [0.1, 0.15) is 0 Å². The molecule has 0 saturated carbocycles. The second-order valence-corrected chi connectivity index (χ2v) is 3.19. The lowest BCUT2D eigenvalue weighted by Crippen LogP contribution is -2.26. The highest BCUT2D eigenvalue weighted by molar-refractivity contribution is 7.80. The van der Waals surface area contributed by atoms with Crippen LogP contribution in [-0.4, -0.2) is 17.5 Å². The second-order valence-electron chi connectivity index (χ2n) is 1.83. The van der Waals surface area contributed by atoms with Crippen LogP contribution in [0, 0.1) is 5.21 Å². The van der Waals surface area contributed by atoms with E-state index in [4.69, 9.17) is 17.5 Å². The third-order valence-corrected chi connectivity index (χ3v) is 1.15. The van der Waals surface area contributed by atoms with Crippen LogP contribution >= 0.6 is 12.6 Å². The zero-order valence-electron chi connectivity index (χ0n) is 6.23. The van der Waals surface area contributed by atoms with Crippen molar-refractivity contribution >= 4 is 23.0 Å². The molecule has 0 saturated heterocycles. The van der Waals surface area contributed by atoms with Crippen LogP contribution in [0.2, 0.25) is 0 Å². The molecule has 0 atom stereocenters. The summed E-state index contributed by atoms with van der Waals surface area (Å²) in [5.41, 5.74) is 0. The van der Waals surface area contributed by atoms with Gasteiger partial charge in [-0.05, 0) is 6.07 Å². The first-order valence-electron chi connectivity index (χ1n) is 2.88. The van der Waals surface area contributed by atoms with Crippen LogP contribution in [0.15, 0.2) is 29.4 Å². The molecule has 0 radical (unpaired) electrons. The maximum atomic E-state index is 10.5. The van der Waals surface area contributed by atoms with Crippen LogP contribution in [0.3, 0.4) is 0 Å². The molecule has 1 rings (SSSR count). The van der Waals surface area contributed by atoms with Gasteiger partial charge in [0, 0.05) is 12.1 Å². The fourth-order valence-corrected chi connectivity index (χ4v) is 0.572. The molecule has 0 fully saturated rings. The fourth-order valence-electron chi connectivity index (χ4n) is 0.419.